The molecule has 7 heteroatoms. The van der Waals surface area contributed by atoms with Crippen molar-refractivity contribution < 1.29 is 13.2 Å². The van der Waals surface area contributed by atoms with E-state index in [1.807, 2.05) is 0 Å². The van der Waals surface area contributed by atoms with Crippen molar-refractivity contribution in [2.45, 2.75) is 38.4 Å². The molecule has 1 aromatic heterocycles. The highest BCUT2D eigenvalue weighted by Crippen LogP contribution is 2.35. The smallest absolute Gasteiger partial charge is 0.311 e. The molecule has 0 saturated heterocycles. The van der Waals surface area contributed by atoms with E-state index in [0.29, 0.717) is 43.4 Å². The third kappa shape index (κ3) is 3.17. The lowest BCUT2D eigenvalue weighted by atomic mass is 10.0. The molecule has 1 aromatic rings. The van der Waals surface area contributed by atoms with Crippen molar-refractivity contribution in [3.8, 4) is 0 Å². The van der Waals surface area contributed by atoms with Crippen LogP contribution >= 0.6 is 12.4 Å². The molecule has 0 amide bonds. The monoisotopic (exact) mass is 293 g/mol. The third-order valence-corrected chi connectivity index (χ3v) is 3.42. The largest absolute Gasteiger partial charge is 0.433 e. The molecule has 2 heterocycles. The van der Waals surface area contributed by atoms with E-state index in [4.69, 9.17) is 0 Å². The number of rotatable bonds is 2. The van der Waals surface area contributed by atoms with Crippen LogP contribution in [-0.2, 0) is 25.6 Å². The van der Waals surface area contributed by atoms with Gasteiger partial charge in [0, 0.05) is 18.5 Å². The van der Waals surface area contributed by atoms with Crippen LogP contribution in [0.1, 0.15) is 35.6 Å². The molecule has 1 aliphatic heterocycles. The molecule has 2 aliphatic rings. The highest BCUT2D eigenvalue weighted by Gasteiger charge is 2.38. The number of halogens is 4. The molecule has 3 rings (SSSR count). The minimum Gasteiger partial charge on any atom is -0.311 e. The minimum atomic E-state index is -4.37. The molecular formula is C12H15ClF3N3. The standard InChI is InChI=1S/C12H14F3N3.ClH/c13-12(14,15)11-8-3-4-16-6-9(8)17-10(18-11)5-7-1-2-7;/h7,16H,1-6H2;1H. The van der Waals surface area contributed by atoms with Gasteiger partial charge < -0.3 is 5.32 Å². The van der Waals surface area contributed by atoms with Gasteiger partial charge in [-0.3, -0.25) is 0 Å². The van der Waals surface area contributed by atoms with Gasteiger partial charge in [-0.25, -0.2) is 9.97 Å². The first-order chi connectivity index (χ1) is 8.54. The Kier molecular flexibility index (Phi) is 4.01. The second-order valence-corrected chi connectivity index (χ2v) is 4.99. The average molecular weight is 294 g/mol. The Morgan fingerprint density at radius 3 is 2.58 bits per heavy atom. The Balaban J connectivity index is 0.00000133. The number of aromatic nitrogens is 2. The second kappa shape index (κ2) is 5.25. The van der Waals surface area contributed by atoms with Gasteiger partial charge in [0.2, 0.25) is 0 Å². The summed E-state index contributed by atoms with van der Waals surface area (Å²) in [5.41, 5.74) is 0.0877. The zero-order valence-electron chi connectivity index (χ0n) is 10.3. The zero-order valence-corrected chi connectivity index (χ0v) is 11.1. The molecular weight excluding hydrogens is 279 g/mol. The fourth-order valence-electron chi connectivity index (χ4n) is 2.32. The van der Waals surface area contributed by atoms with Gasteiger partial charge >= 0.3 is 6.18 Å². The molecule has 1 aliphatic carbocycles. The average Bonchev–Trinajstić information content (AvgIpc) is 3.10. The van der Waals surface area contributed by atoms with Crippen LogP contribution in [-0.4, -0.2) is 16.5 Å². The van der Waals surface area contributed by atoms with Crippen LogP contribution in [0.4, 0.5) is 13.2 Å². The van der Waals surface area contributed by atoms with Crippen molar-refractivity contribution in [2.24, 2.45) is 5.92 Å². The van der Waals surface area contributed by atoms with Crippen LogP contribution in [0.3, 0.4) is 0 Å². The van der Waals surface area contributed by atoms with E-state index in [1.54, 1.807) is 0 Å². The first-order valence-corrected chi connectivity index (χ1v) is 6.20. The topological polar surface area (TPSA) is 37.8 Å². The van der Waals surface area contributed by atoms with Gasteiger partial charge in [-0.05, 0) is 31.7 Å². The maximum atomic E-state index is 13.0. The van der Waals surface area contributed by atoms with Crippen LogP contribution in [0.2, 0.25) is 0 Å². The molecule has 0 spiro atoms. The van der Waals surface area contributed by atoms with Crippen molar-refractivity contribution in [1.82, 2.24) is 15.3 Å². The molecule has 0 unspecified atom stereocenters. The summed E-state index contributed by atoms with van der Waals surface area (Å²) >= 11 is 0. The predicted molar refractivity (Wildman–Crippen MR) is 66.1 cm³/mol. The highest BCUT2D eigenvalue weighted by atomic mass is 35.5. The summed E-state index contributed by atoms with van der Waals surface area (Å²) in [6.07, 6.45) is -1.27. The maximum Gasteiger partial charge on any atom is 0.433 e. The zero-order chi connectivity index (χ0) is 12.8. The van der Waals surface area contributed by atoms with Gasteiger partial charge in [-0.1, -0.05) is 0 Å². The molecule has 1 saturated carbocycles. The number of hydrogen-bond acceptors (Lipinski definition) is 3. The number of fused-ring (bicyclic) bond motifs is 1. The first kappa shape index (κ1) is 14.5. The number of nitrogens with zero attached hydrogens (tertiary/aromatic N) is 2. The lowest BCUT2D eigenvalue weighted by molar-refractivity contribution is -0.142. The van der Waals surface area contributed by atoms with E-state index in [1.165, 1.54) is 0 Å². The third-order valence-electron chi connectivity index (χ3n) is 3.42. The second-order valence-electron chi connectivity index (χ2n) is 4.99. The molecule has 0 radical (unpaired) electrons. The number of hydrogen-bond donors (Lipinski definition) is 1. The summed E-state index contributed by atoms with van der Waals surface area (Å²) < 4.78 is 39.0. The van der Waals surface area contributed by atoms with E-state index in [0.717, 1.165) is 12.8 Å². The SMILES string of the molecule is Cl.FC(F)(F)c1nc(CC2CC2)nc2c1CCNC2. The van der Waals surface area contributed by atoms with Crippen LogP contribution < -0.4 is 5.32 Å². The lowest BCUT2D eigenvalue weighted by Gasteiger charge is -2.21. The van der Waals surface area contributed by atoms with Crippen molar-refractivity contribution in [3.63, 3.8) is 0 Å². The van der Waals surface area contributed by atoms with Gasteiger partial charge in [0.05, 0.1) is 5.69 Å². The fraction of sp³-hybridized carbons (Fsp3) is 0.667. The Morgan fingerprint density at radius 2 is 1.95 bits per heavy atom. The fourth-order valence-corrected chi connectivity index (χ4v) is 2.32. The van der Waals surface area contributed by atoms with E-state index in [-0.39, 0.29) is 18.0 Å². The molecule has 3 nitrogen and oxygen atoms in total. The van der Waals surface area contributed by atoms with Gasteiger partial charge in [-0.15, -0.1) is 12.4 Å². The molecule has 106 valence electrons. The Hall–Kier alpha value is -0.880. The van der Waals surface area contributed by atoms with Crippen molar-refractivity contribution in [2.75, 3.05) is 6.54 Å². The summed E-state index contributed by atoms with van der Waals surface area (Å²) in [7, 11) is 0. The molecule has 0 atom stereocenters. The summed E-state index contributed by atoms with van der Waals surface area (Å²) in [4.78, 5) is 8.07. The predicted octanol–water partition coefficient (Wildman–Crippen LogP) is 2.52. The van der Waals surface area contributed by atoms with E-state index in [2.05, 4.69) is 15.3 Å². The summed E-state index contributed by atoms with van der Waals surface area (Å²) in [6.45, 7) is 0.972. The summed E-state index contributed by atoms with van der Waals surface area (Å²) in [5, 5.41) is 3.06. The van der Waals surface area contributed by atoms with Crippen LogP contribution in [0.15, 0.2) is 0 Å². The minimum absolute atomic E-state index is 0. The summed E-state index contributed by atoms with van der Waals surface area (Å²) in [5.74, 6) is 0.841. The van der Waals surface area contributed by atoms with Crippen molar-refractivity contribution in [3.05, 3.63) is 22.8 Å². The molecule has 1 fully saturated rings. The molecule has 0 aromatic carbocycles. The Bertz CT molecular complexity index is 472. The highest BCUT2D eigenvalue weighted by molar-refractivity contribution is 5.85. The van der Waals surface area contributed by atoms with Crippen molar-refractivity contribution in [1.29, 1.82) is 0 Å². The van der Waals surface area contributed by atoms with Crippen LogP contribution in [0, 0.1) is 5.92 Å². The molecule has 1 N–H and O–H groups in total. The van der Waals surface area contributed by atoms with Crippen LogP contribution in [0.5, 0.6) is 0 Å². The molecule has 0 bridgehead atoms. The van der Waals surface area contributed by atoms with Gasteiger partial charge in [0.15, 0.2) is 5.69 Å². The Labute approximate surface area is 115 Å². The Morgan fingerprint density at radius 1 is 1.21 bits per heavy atom. The first-order valence-electron chi connectivity index (χ1n) is 6.20. The number of nitrogens with one attached hydrogen (secondary N) is 1. The van der Waals surface area contributed by atoms with E-state index < -0.39 is 11.9 Å². The van der Waals surface area contributed by atoms with E-state index >= 15 is 0 Å². The quantitative estimate of drug-likeness (QED) is 0.910. The summed E-state index contributed by atoms with van der Waals surface area (Å²) in [6, 6.07) is 0. The van der Waals surface area contributed by atoms with E-state index in [9.17, 15) is 13.2 Å². The lowest BCUT2D eigenvalue weighted by Crippen LogP contribution is -2.29. The number of alkyl halides is 3. The van der Waals surface area contributed by atoms with Gasteiger partial charge in [0.25, 0.3) is 0 Å². The van der Waals surface area contributed by atoms with Crippen LogP contribution in [0.25, 0.3) is 0 Å². The van der Waals surface area contributed by atoms with Crippen molar-refractivity contribution >= 4 is 12.4 Å². The normalized spacial score (nSPS) is 18.7. The maximum absolute atomic E-state index is 13.0. The van der Waals surface area contributed by atoms with Gasteiger partial charge in [-0.2, -0.15) is 13.2 Å². The van der Waals surface area contributed by atoms with Gasteiger partial charge in [0.1, 0.15) is 5.82 Å². The molecule has 19 heavy (non-hydrogen) atoms.